The molecule has 4 heterocycles. The molecule has 0 spiro atoms. The molecule has 0 aliphatic carbocycles. The molecule has 1 aliphatic rings. The molecule has 162 valence electrons. The van der Waals surface area contributed by atoms with Gasteiger partial charge >= 0.3 is 0 Å². The molecule has 1 aliphatic heterocycles. The van der Waals surface area contributed by atoms with Crippen LogP contribution in [0.25, 0.3) is 28.2 Å². The monoisotopic (exact) mass is 450 g/mol. The van der Waals surface area contributed by atoms with Crippen LogP contribution in [0.4, 0.5) is 11.6 Å². The third kappa shape index (κ3) is 3.31. The zero-order valence-corrected chi connectivity index (χ0v) is 18.1. The Labute approximate surface area is 187 Å². The highest BCUT2D eigenvalue weighted by Crippen LogP contribution is 2.38. The number of pyridine rings is 1. The number of nitrogens with zero attached hydrogens (tertiary/aromatic N) is 5. The molecule has 0 radical (unpaired) electrons. The Morgan fingerprint density at radius 3 is 2.69 bits per heavy atom. The van der Waals surface area contributed by atoms with E-state index in [1.807, 2.05) is 13.8 Å². The van der Waals surface area contributed by atoms with Crippen molar-refractivity contribution in [1.29, 1.82) is 0 Å². The lowest BCUT2D eigenvalue weighted by atomic mass is 9.93. The number of hydrogen-bond donors (Lipinski definition) is 1. The number of aromatic nitrogens is 4. The van der Waals surface area contributed by atoms with E-state index in [0.29, 0.717) is 40.3 Å². The number of anilines is 2. The van der Waals surface area contributed by atoms with Crippen molar-refractivity contribution in [3.8, 4) is 17.1 Å². The van der Waals surface area contributed by atoms with Gasteiger partial charge in [0.15, 0.2) is 29.4 Å². The summed E-state index contributed by atoms with van der Waals surface area (Å²) in [4.78, 5) is 40.2. The van der Waals surface area contributed by atoms with Crippen LogP contribution >= 0.6 is 11.6 Å². The number of carbonyl (C=O) groups excluding carboxylic acids is 1. The first-order valence-electron chi connectivity index (χ1n) is 9.92. The van der Waals surface area contributed by atoms with Gasteiger partial charge in [-0.25, -0.2) is 15.0 Å². The van der Waals surface area contributed by atoms with Gasteiger partial charge in [-0.3, -0.25) is 19.1 Å². The van der Waals surface area contributed by atoms with Gasteiger partial charge in [0.25, 0.3) is 5.56 Å². The number of carbonyl (C=O) groups is 1. The van der Waals surface area contributed by atoms with E-state index in [1.54, 1.807) is 35.4 Å². The lowest BCUT2D eigenvalue weighted by Crippen LogP contribution is -2.29. The second-order valence-electron chi connectivity index (χ2n) is 8.49. The summed E-state index contributed by atoms with van der Waals surface area (Å²) in [7, 11) is 0. The number of hydrogen-bond acceptors (Lipinski definition) is 7. The summed E-state index contributed by atoms with van der Waals surface area (Å²) in [6.45, 7) is 4.47. The maximum atomic E-state index is 12.7. The molecule has 9 nitrogen and oxygen atoms in total. The van der Waals surface area contributed by atoms with Crippen LogP contribution in [0.15, 0.2) is 52.1 Å². The minimum Gasteiger partial charge on any atom is -0.442 e. The van der Waals surface area contributed by atoms with E-state index in [9.17, 15) is 9.59 Å². The van der Waals surface area contributed by atoms with Crippen molar-refractivity contribution in [3.63, 3.8) is 0 Å². The third-order valence-electron chi connectivity index (χ3n) is 5.37. The van der Waals surface area contributed by atoms with E-state index in [4.69, 9.17) is 26.7 Å². The fraction of sp³-hybridized carbons (Fsp3) is 0.227. The zero-order chi connectivity index (χ0) is 22.6. The number of fused-ring (bicyclic) bond motifs is 1. The largest absolute Gasteiger partial charge is 0.442 e. The van der Waals surface area contributed by atoms with Crippen molar-refractivity contribution in [2.45, 2.75) is 20.3 Å². The average molecular weight is 451 g/mol. The standard InChI is InChI=1S/C22H19ClN6O3/c1-22(2)9-16(31)29(10-22)21-19(24)27-20(28-6-4-3-5-15(28)30)17(26-21)12-7-13(23)18-14(8-12)25-11-32-18/h3-8,11H,9-10H2,1-2H3,(H2,24,27). The van der Waals surface area contributed by atoms with E-state index in [0.717, 1.165) is 0 Å². The summed E-state index contributed by atoms with van der Waals surface area (Å²) in [6, 6.07) is 8.15. The van der Waals surface area contributed by atoms with Gasteiger partial charge in [0.2, 0.25) is 5.91 Å². The van der Waals surface area contributed by atoms with E-state index < -0.39 is 0 Å². The Hall–Kier alpha value is -3.72. The summed E-state index contributed by atoms with van der Waals surface area (Å²) in [5.41, 5.74) is 7.59. The third-order valence-corrected chi connectivity index (χ3v) is 5.65. The minimum absolute atomic E-state index is 0.0548. The topological polar surface area (TPSA) is 120 Å². The van der Waals surface area contributed by atoms with Crippen molar-refractivity contribution in [1.82, 2.24) is 19.5 Å². The average Bonchev–Trinajstić information content (AvgIpc) is 3.31. The van der Waals surface area contributed by atoms with Crippen molar-refractivity contribution in [3.05, 3.63) is 58.3 Å². The highest BCUT2D eigenvalue weighted by atomic mass is 35.5. The quantitative estimate of drug-likeness (QED) is 0.507. The molecule has 0 saturated carbocycles. The highest BCUT2D eigenvalue weighted by Gasteiger charge is 2.38. The van der Waals surface area contributed by atoms with Gasteiger partial charge in [-0.1, -0.05) is 31.5 Å². The van der Waals surface area contributed by atoms with E-state index in [2.05, 4.69) is 9.97 Å². The Morgan fingerprint density at radius 2 is 1.97 bits per heavy atom. The molecule has 32 heavy (non-hydrogen) atoms. The molecule has 1 saturated heterocycles. The molecule has 0 bridgehead atoms. The first kappa shape index (κ1) is 20.2. The van der Waals surface area contributed by atoms with Crippen LogP contribution < -0.4 is 16.2 Å². The van der Waals surface area contributed by atoms with Crippen LogP contribution in [-0.4, -0.2) is 32.0 Å². The first-order chi connectivity index (χ1) is 15.2. The summed E-state index contributed by atoms with van der Waals surface area (Å²) in [5, 5.41) is 0.333. The van der Waals surface area contributed by atoms with Crippen LogP contribution in [0.1, 0.15) is 20.3 Å². The lowest BCUT2D eigenvalue weighted by molar-refractivity contribution is -0.117. The van der Waals surface area contributed by atoms with Gasteiger partial charge < -0.3 is 10.2 Å². The highest BCUT2D eigenvalue weighted by molar-refractivity contribution is 6.35. The van der Waals surface area contributed by atoms with Crippen molar-refractivity contribution >= 4 is 40.2 Å². The molecule has 2 N–H and O–H groups in total. The number of amides is 1. The smallest absolute Gasteiger partial charge is 0.256 e. The zero-order valence-electron chi connectivity index (χ0n) is 17.4. The normalized spacial score (nSPS) is 15.6. The molecule has 3 aromatic heterocycles. The van der Waals surface area contributed by atoms with Gasteiger partial charge in [0, 0.05) is 30.8 Å². The van der Waals surface area contributed by atoms with Gasteiger partial charge in [-0.2, -0.15) is 0 Å². The molecule has 4 aromatic rings. The van der Waals surface area contributed by atoms with E-state index >= 15 is 0 Å². The molecule has 0 atom stereocenters. The van der Waals surface area contributed by atoms with Crippen LogP contribution in [0.5, 0.6) is 0 Å². The molecule has 1 fully saturated rings. The lowest BCUT2D eigenvalue weighted by Gasteiger charge is -2.21. The Bertz CT molecular complexity index is 1440. The molecule has 5 rings (SSSR count). The van der Waals surface area contributed by atoms with Gasteiger partial charge in [0.1, 0.15) is 11.2 Å². The number of halogens is 1. The van der Waals surface area contributed by atoms with E-state index in [1.165, 1.54) is 17.0 Å². The van der Waals surface area contributed by atoms with Crippen molar-refractivity contribution < 1.29 is 9.21 Å². The summed E-state index contributed by atoms with van der Waals surface area (Å²) in [5.74, 6) is 0.442. The first-order valence-corrected chi connectivity index (χ1v) is 10.3. The number of rotatable bonds is 3. The summed E-state index contributed by atoms with van der Waals surface area (Å²) >= 11 is 6.40. The number of oxazole rings is 1. The van der Waals surface area contributed by atoms with Crippen LogP contribution in [0.2, 0.25) is 5.02 Å². The Morgan fingerprint density at radius 1 is 1.16 bits per heavy atom. The van der Waals surface area contributed by atoms with Gasteiger partial charge in [-0.15, -0.1) is 0 Å². The Balaban J connectivity index is 1.78. The Kier molecular flexibility index (Phi) is 4.52. The maximum absolute atomic E-state index is 12.7. The molecular formula is C22H19ClN6O3. The fourth-order valence-corrected chi connectivity index (χ4v) is 4.19. The fourth-order valence-electron chi connectivity index (χ4n) is 3.93. The summed E-state index contributed by atoms with van der Waals surface area (Å²) < 4.78 is 6.67. The number of benzene rings is 1. The van der Waals surface area contributed by atoms with Crippen LogP contribution in [0, 0.1) is 5.41 Å². The number of nitrogens with two attached hydrogens (primary N) is 1. The minimum atomic E-state index is -0.304. The molecular weight excluding hydrogens is 432 g/mol. The predicted molar refractivity (Wildman–Crippen MR) is 121 cm³/mol. The van der Waals surface area contributed by atoms with Gasteiger partial charge in [-0.05, 0) is 23.6 Å². The maximum Gasteiger partial charge on any atom is 0.256 e. The SMILES string of the molecule is CC1(C)CC(=O)N(c2nc(-c3cc(Cl)c4ocnc4c3)c(-n3ccccc3=O)nc2N)C1. The second kappa shape index (κ2) is 7.16. The van der Waals surface area contributed by atoms with Gasteiger partial charge in [0.05, 0.1) is 5.02 Å². The van der Waals surface area contributed by atoms with Crippen molar-refractivity contribution in [2.75, 3.05) is 17.2 Å². The predicted octanol–water partition coefficient (Wildman–Crippen LogP) is 3.43. The number of nitrogen functional groups attached to an aromatic ring is 1. The summed E-state index contributed by atoms with van der Waals surface area (Å²) in [6.07, 6.45) is 3.25. The molecule has 10 heteroatoms. The van der Waals surface area contributed by atoms with E-state index in [-0.39, 0.29) is 34.3 Å². The molecule has 1 amide bonds. The molecule has 0 unspecified atom stereocenters. The molecule has 1 aromatic carbocycles. The van der Waals surface area contributed by atoms with Crippen LogP contribution in [0.3, 0.4) is 0 Å². The second-order valence-corrected chi connectivity index (χ2v) is 8.90. The van der Waals surface area contributed by atoms with Crippen molar-refractivity contribution in [2.24, 2.45) is 5.41 Å². The van der Waals surface area contributed by atoms with Crippen LogP contribution in [-0.2, 0) is 4.79 Å².